The van der Waals surface area contributed by atoms with E-state index in [4.69, 9.17) is 9.84 Å². The molecule has 0 heterocycles. The number of rotatable bonds is 11. The molecule has 2 atom stereocenters. The Balaban J connectivity index is 1.63. The third kappa shape index (κ3) is 6.59. The fourth-order valence-corrected chi connectivity index (χ4v) is 4.10. The zero-order valence-corrected chi connectivity index (χ0v) is 19.9. The molecule has 1 aliphatic rings. The van der Waals surface area contributed by atoms with E-state index < -0.39 is 30.1 Å². The smallest absolute Gasteiger partial charge is 0.407 e. The molecule has 0 spiro atoms. The highest BCUT2D eigenvalue weighted by molar-refractivity contribution is 5.91. The van der Waals surface area contributed by atoms with Crippen LogP contribution in [0.15, 0.2) is 48.5 Å². The summed E-state index contributed by atoms with van der Waals surface area (Å²) in [5.41, 5.74) is 4.28. The summed E-state index contributed by atoms with van der Waals surface area (Å²) >= 11 is 0. The maximum Gasteiger partial charge on any atom is 0.407 e. The van der Waals surface area contributed by atoms with Gasteiger partial charge in [-0.2, -0.15) is 0 Å². The topological polar surface area (TPSA) is 134 Å². The van der Waals surface area contributed by atoms with Crippen molar-refractivity contribution in [3.8, 4) is 11.1 Å². The van der Waals surface area contributed by atoms with Crippen LogP contribution in [0.4, 0.5) is 4.79 Å². The van der Waals surface area contributed by atoms with Crippen molar-refractivity contribution in [3.05, 3.63) is 59.7 Å². The van der Waals surface area contributed by atoms with Gasteiger partial charge >= 0.3 is 12.1 Å². The van der Waals surface area contributed by atoms with Crippen molar-refractivity contribution in [1.29, 1.82) is 0 Å². The van der Waals surface area contributed by atoms with Crippen LogP contribution >= 0.6 is 0 Å². The summed E-state index contributed by atoms with van der Waals surface area (Å²) in [5, 5.41) is 16.7. The Kier molecular flexibility index (Phi) is 8.83. The first-order chi connectivity index (χ1) is 16.8. The van der Waals surface area contributed by atoms with Crippen LogP contribution in [0, 0.1) is 0 Å². The number of carbonyl (C=O) groups is 4. The predicted octanol–water partition coefficient (Wildman–Crippen LogP) is 2.79. The molecule has 9 nitrogen and oxygen atoms in total. The molecule has 0 aliphatic heterocycles. The zero-order valence-electron chi connectivity index (χ0n) is 19.9. The van der Waals surface area contributed by atoms with E-state index in [-0.39, 0.29) is 31.3 Å². The molecule has 4 N–H and O–H groups in total. The van der Waals surface area contributed by atoms with Crippen molar-refractivity contribution in [1.82, 2.24) is 16.0 Å². The second kappa shape index (κ2) is 12.0. The number of aliphatic carboxylic acids is 1. The zero-order chi connectivity index (χ0) is 25.4. The van der Waals surface area contributed by atoms with E-state index >= 15 is 0 Å². The van der Waals surface area contributed by atoms with E-state index in [9.17, 15) is 19.2 Å². The number of carbonyl (C=O) groups excluding carboxylic acids is 3. The first kappa shape index (κ1) is 25.7. The largest absolute Gasteiger partial charge is 0.481 e. The number of amides is 3. The van der Waals surface area contributed by atoms with Gasteiger partial charge in [-0.3, -0.25) is 14.4 Å². The van der Waals surface area contributed by atoms with Gasteiger partial charge in [0.15, 0.2) is 0 Å². The summed E-state index contributed by atoms with van der Waals surface area (Å²) in [5.74, 6) is -2.27. The number of ether oxygens (including phenoxy) is 1. The molecule has 9 heteroatoms. The summed E-state index contributed by atoms with van der Waals surface area (Å²) in [6.07, 6.45) is -0.565. The summed E-state index contributed by atoms with van der Waals surface area (Å²) in [4.78, 5) is 48.4. The molecule has 0 radical (unpaired) electrons. The minimum Gasteiger partial charge on any atom is -0.481 e. The molecule has 186 valence electrons. The van der Waals surface area contributed by atoms with Crippen LogP contribution in [0.25, 0.3) is 11.1 Å². The molecular formula is C26H31N3O6. The molecule has 0 fully saturated rings. The first-order valence-electron chi connectivity index (χ1n) is 11.7. The molecule has 0 aromatic heterocycles. The lowest BCUT2D eigenvalue weighted by atomic mass is 9.98. The Hall–Kier alpha value is -3.88. The maximum atomic E-state index is 12.7. The van der Waals surface area contributed by atoms with Gasteiger partial charge in [0.1, 0.15) is 18.7 Å². The standard InChI is InChI=1S/C26H31N3O6/c1-3-14-27-24(32)16(2)28-25(33)22(12-13-23(30)31)29-26(34)35-15-21-19-10-6-4-8-17(19)18-9-5-7-11-20(18)21/h4-11,16,21-22H,3,12-15H2,1-2H3,(H,27,32)(H,28,33)(H,29,34)(H,30,31). The number of nitrogens with one attached hydrogen (secondary N) is 3. The number of alkyl carbamates (subject to hydrolysis) is 1. The van der Waals surface area contributed by atoms with E-state index in [0.717, 1.165) is 28.7 Å². The fourth-order valence-electron chi connectivity index (χ4n) is 4.10. The lowest BCUT2D eigenvalue weighted by Gasteiger charge is -2.21. The van der Waals surface area contributed by atoms with Gasteiger partial charge in [0, 0.05) is 18.9 Å². The highest BCUT2D eigenvalue weighted by Crippen LogP contribution is 2.44. The highest BCUT2D eigenvalue weighted by atomic mass is 16.5. The van der Waals surface area contributed by atoms with Gasteiger partial charge in [0.05, 0.1) is 0 Å². The van der Waals surface area contributed by atoms with E-state index in [1.807, 2.05) is 55.5 Å². The van der Waals surface area contributed by atoms with Crippen LogP contribution in [0.2, 0.25) is 0 Å². The summed E-state index contributed by atoms with van der Waals surface area (Å²) in [6.45, 7) is 3.96. The number of hydrogen-bond acceptors (Lipinski definition) is 5. The SMILES string of the molecule is CCCNC(=O)C(C)NC(=O)C(CCC(=O)O)NC(=O)OCC1c2ccccc2-c2ccccc21. The van der Waals surface area contributed by atoms with Crippen molar-refractivity contribution >= 4 is 23.9 Å². The molecule has 0 saturated carbocycles. The highest BCUT2D eigenvalue weighted by Gasteiger charge is 2.30. The van der Waals surface area contributed by atoms with Gasteiger partial charge in [-0.15, -0.1) is 0 Å². The Morgan fingerprint density at radius 2 is 1.54 bits per heavy atom. The molecule has 0 saturated heterocycles. The number of benzene rings is 2. The van der Waals surface area contributed by atoms with Crippen molar-refractivity contribution in [2.75, 3.05) is 13.2 Å². The minimum atomic E-state index is -1.16. The average Bonchev–Trinajstić information content (AvgIpc) is 3.17. The monoisotopic (exact) mass is 481 g/mol. The van der Waals surface area contributed by atoms with Gasteiger partial charge in [0.25, 0.3) is 0 Å². The second-order valence-corrected chi connectivity index (χ2v) is 8.48. The van der Waals surface area contributed by atoms with Gasteiger partial charge in [-0.1, -0.05) is 55.5 Å². The molecule has 0 bridgehead atoms. The Morgan fingerprint density at radius 3 is 2.11 bits per heavy atom. The molecule has 3 amide bonds. The fraction of sp³-hybridized carbons (Fsp3) is 0.385. The predicted molar refractivity (Wildman–Crippen MR) is 130 cm³/mol. The molecule has 1 aliphatic carbocycles. The van der Waals surface area contributed by atoms with E-state index in [1.165, 1.54) is 6.92 Å². The molecular weight excluding hydrogens is 450 g/mol. The average molecular weight is 482 g/mol. The molecule has 2 aromatic carbocycles. The van der Waals surface area contributed by atoms with Crippen LogP contribution in [0.5, 0.6) is 0 Å². The number of carboxylic acids is 1. The van der Waals surface area contributed by atoms with Crippen molar-refractivity contribution < 1.29 is 29.0 Å². The van der Waals surface area contributed by atoms with Crippen LogP contribution in [0.1, 0.15) is 50.2 Å². The van der Waals surface area contributed by atoms with Crippen molar-refractivity contribution in [2.45, 2.75) is 51.1 Å². The third-order valence-electron chi connectivity index (χ3n) is 5.90. The lowest BCUT2D eigenvalue weighted by molar-refractivity contribution is -0.137. The minimum absolute atomic E-state index is 0.0585. The number of hydrogen-bond donors (Lipinski definition) is 4. The summed E-state index contributed by atoms with van der Waals surface area (Å²) in [7, 11) is 0. The lowest BCUT2D eigenvalue weighted by Crippen LogP contribution is -2.53. The van der Waals surface area contributed by atoms with E-state index in [1.54, 1.807) is 0 Å². The number of carboxylic acid groups (broad SMARTS) is 1. The molecule has 2 aromatic rings. The maximum absolute atomic E-state index is 12.7. The van der Waals surface area contributed by atoms with Gasteiger partial charge in [-0.05, 0) is 42.0 Å². The van der Waals surface area contributed by atoms with Crippen LogP contribution < -0.4 is 16.0 Å². The van der Waals surface area contributed by atoms with Crippen molar-refractivity contribution in [2.24, 2.45) is 0 Å². The third-order valence-corrected chi connectivity index (χ3v) is 5.90. The Labute approximate surface area is 204 Å². The van der Waals surface area contributed by atoms with Crippen LogP contribution in [-0.2, 0) is 19.1 Å². The van der Waals surface area contributed by atoms with Crippen LogP contribution in [-0.4, -0.2) is 54.2 Å². The number of fused-ring (bicyclic) bond motifs is 3. The van der Waals surface area contributed by atoms with Gasteiger partial charge in [0.2, 0.25) is 11.8 Å². The Morgan fingerprint density at radius 1 is 0.943 bits per heavy atom. The van der Waals surface area contributed by atoms with Gasteiger partial charge in [-0.25, -0.2) is 4.79 Å². The summed E-state index contributed by atoms with van der Waals surface area (Å²) < 4.78 is 5.48. The van der Waals surface area contributed by atoms with E-state index in [0.29, 0.717) is 6.54 Å². The molecule has 35 heavy (non-hydrogen) atoms. The molecule has 3 rings (SSSR count). The van der Waals surface area contributed by atoms with Crippen LogP contribution in [0.3, 0.4) is 0 Å². The molecule has 2 unspecified atom stereocenters. The quantitative estimate of drug-likeness (QED) is 0.390. The normalized spacial score (nSPS) is 13.7. The second-order valence-electron chi connectivity index (χ2n) is 8.48. The first-order valence-corrected chi connectivity index (χ1v) is 11.7. The summed E-state index contributed by atoms with van der Waals surface area (Å²) in [6, 6.07) is 13.8. The van der Waals surface area contributed by atoms with E-state index in [2.05, 4.69) is 16.0 Å². The Bertz CT molecular complexity index is 1040. The van der Waals surface area contributed by atoms with Gasteiger partial charge < -0.3 is 25.8 Å². The van der Waals surface area contributed by atoms with Crippen molar-refractivity contribution in [3.63, 3.8) is 0 Å².